The Morgan fingerprint density at radius 3 is 2.67 bits per heavy atom. The summed E-state index contributed by atoms with van der Waals surface area (Å²) in [5, 5.41) is 4.08. The molecule has 30 heavy (non-hydrogen) atoms. The lowest BCUT2D eigenvalue weighted by Gasteiger charge is -2.37. The SMILES string of the molecule is CN(C)[C@@H]1CCN(CCCN2CC3(CCN(C(=O)c4cnn(C)c4)CC3)OC2=O)C1. The van der Waals surface area contributed by atoms with Crippen LogP contribution in [0.5, 0.6) is 0 Å². The zero-order chi connectivity index (χ0) is 21.3. The quantitative estimate of drug-likeness (QED) is 0.683. The van der Waals surface area contributed by atoms with Crippen LogP contribution in [-0.2, 0) is 11.8 Å². The minimum Gasteiger partial charge on any atom is -0.441 e. The molecule has 0 unspecified atom stereocenters. The molecule has 1 aromatic heterocycles. The molecule has 9 nitrogen and oxygen atoms in total. The number of carbonyl (C=O) groups excluding carboxylic acids is 2. The van der Waals surface area contributed by atoms with Crippen molar-refractivity contribution in [1.82, 2.24) is 29.4 Å². The zero-order valence-electron chi connectivity index (χ0n) is 18.4. The van der Waals surface area contributed by atoms with Crippen molar-refractivity contribution in [3.63, 3.8) is 0 Å². The molecule has 0 radical (unpaired) electrons. The highest BCUT2D eigenvalue weighted by Gasteiger charge is 2.47. The standard InChI is InChI=1S/C21H34N6O3/c1-23(2)18-5-10-25(15-18)8-4-9-27-16-21(30-20(27)29)6-11-26(12-7-21)19(28)17-13-22-24(3)14-17/h13-14,18H,4-12,15-16H2,1-3H3/t18-/m1/s1. The van der Waals surface area contributed by atoms with E-state index in [0.29, 0.717) is 44.1 Å². The highest BCUT2D eigenvalue weighted by atomic mass is 16.6. The number of piperidine rings is 1. The third kappa shape index (κ3) is 4.46. The fraction of sp³-hybridized carbons (Fsp3) is 0.762. The molecule has 0 N–H and O–H groups in total. The molecule has 3 aliphatic rings. The van der Waals surface area contributed by atoms with E-state index in [1.54, 1.807) is 24.1 Å². The molecule has 0 aliphatic carbocycles. The number of likely N-dealkylation sites (tertiary alicyclic amines) is 2. The summed E-state index contributed by atoms with van der Waals surface area (Å²) in [6.07, 6.45) is 6.72. The number of aryl methyl sites for hydroxylation is 1. The molecule has 1 atom stereocenters. The third-order valence-corrected chi connectivity index (χ3v) is 6.83. The Labute approximate surface area is 178 Å². The number of amides is 2. The van der Waals surface area contributed by atoms with Gasteiger partial charge in [-0.05, 0) is 40.0 Å². The Balaban J connectivity index is 1.22. The normalized spacial score (nSPS) is 24.3. The van der Waals surface area contributed by atoms with Crippen LogP contribution in [0.4, 0.5) is 4.79 Å². The summed E-state index contributed by atoms with van der Waals surface area (Å²) in [4.78, 5) is 33.6. The monoisotopic (exact) mass is 418 g/mol. The molecule has 3 fully saturated rings. The molecule has 166 valence electrons. The Morgan fingerprint density at radius 2 is 2.03 bits per heavy atom. The molecule has 4 heterocycles. The molecule has 0 saturated carbocycles. The first-order chi connectivity index (χ1) is 14.3. The van der Waals surface area contributed by atoms with Crippen molar-refractivity contribution in [1.29, 1.82) is 0 Å². The van der Waals surface area contributed by atoms with Gasteiger partial charge in [0.15, 0.2) is 0 Å². The smallest absolute Gasteiger partial charge is 0.410 e. The predicted molar refractivity (Wildman–Crippen MR) is 112 cm³/mol. The molecule has 2 amide bonds. The Bertz CT molecular complexity index is 771. The van der Waals surface area contributed by atoms with E-state index in [9.17, 15) is 9.59 Å². The van der Waals surface area contributed by atoms with E-state index in [4.69, 9.17) is 4.74 Å². The highest BCUT2D eigenvalue weighted by molar-refractivity contribution is 5.93. The van der Waals surface area contributed by atoms with Gasteiger partial charge in [0.05, 0.1) is 18.3 Å². The lowest BCUT2D eigenvalue weighted by atomic mass is 9.91. The van der Waals surface area contributed by atoms with Crippen LogP contribution >= 0.6 is 0 Å². The molecule has 1 spiro atoms. The van der Waals surface area contributed by atoms with Crippen LogP contribution in [0.1, 0.15) is 36.0 Å². The average Bonchev–Trinajstić information content (AvgIpc) is 3.42. The minimum absolute atomic E-state index is 0.000714. The molecule has 9 heteroatoms. The third-order valence-electron chi connectivity index (χ3n) is 6.83. The summed E-state index contributed by atoms with van der Waals surface area (Å²) in [6, 6.07) is 0.643. The first kappa shape index (κ1) is 21.1. The van der Waals surface area contributed by atoms with Crippen LogP contribution < -0.4 is 0 Å². The van der Waals surface area contributed by atoms with Gasteiger partial charge in [0.2, 0.25) is 0 Å². The van der Waals surface area contributed by atoms with Gasteiger partial charge in [-0.1, -0.05) is 0 Å². The van der Waals surface area contributed by atoms with E-state index < -0.39 is 5.60 Å². The fourth-order valence-electron chi connectivity index (χ4n) is 4.88. The summed E-state index contributed by atoms with van der Waals surface area (Å²) in [5.41, 5.74) is 0.170. The van der Waals surface area contributed by atoms with Crippen LogP contribution in [0.25, 0.3) is 0 Å². The van der Waals surface area contributed by atoms with Crippen LogP contribution in [0.3, 0.4) is 0 Å². The first-order valence-corrected chi connectivity index (χ1v) is 11.0. The number of rotatable bonds is 6. The average molecular weight is 419 g/mol. The van der Waals surface area contributed by atoms with Gasteiger partial charge in [-0.2, -0.15) is 5.10 Å². The van der Waals surface area contributed by atoms with Gasteiger partial charge in [-0.25, -0.2) is 4.79 Å². The van der Waals surface area contributed by atoms with E-state index in [-0.39, 0.29) is 12.0 Å². The van der Waals surface area contributed by atoms with Gasteiger partial charge in [-0.3, -0.25) is 9.48 Å². The second-order valence-electron chi connectivity index (χ2n) is 9.23. The first-order valence-electron chi connectivity index (χ1n) is 11.0. The van der Waals surface area contributed by atoms with Gasteiger partial charge in [0.25, 0.3) is 5.91 Å². The zero-order valence-corrected chi connectivity index (χ0v) is 18.4. The highest BCUT2D eigenvalue weighted by Crippen LogP contribution is 2.33. The van der Waals surface area contributed by atoms with E-state index in [1.165, 1.54) is 6.42 Å². The number of ether oxygens (including phenoxy) is 1. The van der Waals surface area contributed by atoms with Crippen molar-refractivity contribution in [3.05, 3.63) is 18.0 Å². The van der Waals surface area contributed by atoms with Gasteiger partial charge in [0.1, 0.15) is 5.60 Å². The Morgan fingerprint density at radius 1 is 1.27 bits per heavy atom. The lowest BCUT2D eigenvalue weighted by Crippen LogP contribution is -2.48. The summed E-state index contributed by atoms with van der Waals surface area (Å²) in [5.74, 6) is 0.000714. The predicted octanol–water partition coefficient (Wildman–Crippen LogP) is 0.873. The van der Waals surface area contributed by atoms with Crippen LogP contribution in [0, 0.1) is 0 Å². The molecule has 1 aromatic rings. The van der Waals surface area contributed by atoms with E-state index in [2.05, 4.69) is 29.0 Å². The van der Waals surface area contributed by atoms with Gasteiger partial charge < -0.3 is 24.3 Å². The van der Waals surface area contributed by atoms with Gasteiger partial charge in [0, 0.05) is 58.3 Å². The van der Waals surface area contributed by atoms with E-state index >= 15 is 0 Å². The number of hydrogen-bond acceptors (Lipinski definition) is 6. The minimum atomic E-state index is -0.438. The summed E-state index contributed by atoms with van der Waals surface area (Å²) < 4.78 is 7.46. The summed E-state index contributed by atoms with van der Waals surface area (Å²) in [7, 11) is 6.09. The van der Waals surface area contributed by atoms with Crippen LogP contribution in [-0.4, -0.2) is 113 Å². The summed E-state index contributed by atoms with van der Waals surface area (Å²) >= 11 is 0. The number of aromatic nitrogens is 2. The molecular weight excluding hydrogens is 384 g/mol. The molecule has 3 aliphatic heterocycles. The second-order valence-corrected chi connectivity index (χ2v) is 9.23. The maximum absolute atomic E-state index is 12.6. The number of carbonyl (C=O) groups is 2. The van der Waals surface area contributed by atoms with Crippen molar-refractivity contribution >= 4 is 12.0 Å². The van der Waals surface area contributed by atoms with Crippen LogP contribution in [0.2, 0.25) is 0 Å². The summed E-state index contributed by atoms with van der Waals surface area (Å²) in [6.45, 7) is 5.86. The number of likely N-dealkylation sites (N-methyl/N-ethyl adjacent to an activating group) is 1. The van der Waals surface area contributed by atoms with E-state index in [1.807, 2.05) is 9.80 Å². The molecule has 3 saturated heterocycles. The van der Waals surface area contributed by atoms with Gasteiger partial charge >= 0.3 is 6.09 Å². The van der Waals surface area contributed by atoms with Crippen molar-refractivity contribution in [2.45, 2.75) is 37.3 Å². The number of hydrogen-bond donors (Lipinski definition) is 0. The topological polar surface area (TPSA) is 74.2 Å². The van der Waals surface area contributed by atoms with Gasteiger partial charge in [-0.15, -0.1) is 0 Å². The lowest BCUT2D eigenvalue weighted by molar-refractivity contribution is 0.00313. The molecule has 0 aromatic carbocycles. The Hall–Kier alpha value is -2.13. The fourth-order valence-corrected chi connectivity index (χ4v) is 4.88. The largest absolute Gasteiger partial charge is 0.441 e. The van der Waals surface area contributed by atoms with Crippen molar-refractivity contribution in [2.24, 2.45) is 7.05 Å². The molecule has 0 bridgehead atoms. The number of nitrogens with zero attached hydrogens (tertiary/aromatic N) is 6. The Kier molecular flexibility index (Phi) is 6.02. The van der Waals surface area contributed by atoms with Crippen molar-refractivity contribution in [2.75, 3.05) is 59.9 Å². The van der Waals surface area contributed by atoms with Crippen LogP contribution in [0.15, 0.2) is 12.4 Å². The van der Waals surface area contributed by atoms with Crippen molar-refractivity contribution in [3.8, 4) is 0 Å². The van der Waals surface area contributed by atoms with Crippen molar-refractivity contribution < 1.29 is 14.3 Å². The maximum atomic E-state index is 12.6. The molecule has 4 rings (SSSR count). The molecular formula is C21H34N6O3. The second kappa shape index (κ2) is 8.55. The maximum Gasteiger partial charge on any atom is 0.410 e. The van der Waals surface area contributed by atoms with E-state index in [0.717, 1.165) is 32.6 Å².